The number of rotatable bonds is 2. The van der Waals surface area contributed by atoms with Crippen LogP contribution in [-0.4, -0.2) is 28.5 Å². The Bertz CT molecular complexity index is 1300. The Kier molecular flexibility index (Phi) is 5.18. The van der Waals surface area contributed by atoms with Crippen LogP contribution in [0.4, 0.5) is 18.9 Å². The van der Waals surface area contributed by atoms with Gasteiger partial charge in [0.15, 0.2) is 5.78 Å². The number of benzene rings is 2. The lowest BCUT2D eigenvalue weighted by atomic mass is 9.79. The van der Waals surface area contributed by atoms with Crippen LogP contribution >= 0.6 is 11.6 Å². The van der Waals surface area contributed by atoms with Crippen molar-refractivity contribution in [2.24, 2.45) is 17.3 Å². The molecule has 3 heterocycles. The Hall–Kier alpha value is -3.13. The Balaban J connectivity index is 1.66. The van der Waals surface area contributed by atoms with Crippen LogP contribution in [-0.2, 0) is 20.6 Å². The fourth-order valence-corrected chi connectivity index (χ4v) is 5.65. The van der Waals surface area contributed by atoms with Gasteiger partial charge < -0.3 is 4.90 Å². The first-order valence-electron chi connectivity index (χ1n) is 11.2. The Morgan fingerprint density at radius 3 is 2.29 bits per heavy atom. The topological polar surface area (TPSA) is 57.7 Å². The number of imide groups is 1. The van der Waals surface area contributed by atoms with Gasteiger partial charge >= 0.3 is 6.18 Å². The molecule has 0 aliphatic carbocycles. The van der Waals surface area contributed by atoms with Crippen molar-refractivity contribution in [3.63, 3.8) is 0 Å². The molecular weight excluding hydrogens is 481 g/mol. The van der Waals surface area contributed by atoms with Crippen molar-refractivity contribution < 1.29 is 27.6 Å². The summed E-state index contributed by atoms with van der Waals surface area (Å²) < 4.78 is 40.5. The van der Waals surface area contributed by atoms with E-state index in [1.54, 1.807) is 31.9 Å². The number of amides is 2. The molecule has 0 aromatic heterocycles. The number of Topliss-reactive ketones (excluding diaryl/α,β-unsaturated/α-hetero) is 1. The van der Waals surface area contributed by atoms with E-state index in [0.717, 1.165) is 22.1 Å². The molecule has 0 bridgehead atoms. The van der Waals surface area contributed by atoms with E-state index < -0.39 is 57.9 Å². The molecule has 0 unspecified atom stereocenters. The van der Waals surface area contributed by atoms with Gasteiger partial charge in [-0.3, -0.25) is 14.4 Å². The second-order valence-electron chi connectivity index (χ2n) is 10.1. The normalized spacial score (nSPS) is 25.6. The molecule has 2 amide bonds. The molecule has 182 valence electrons. The maximum Gasteiger partial charge on any atom is 0.417 e. The maximum atomic E-state index is 13.8. The summed E-state index contributed by atoms with van der Waals surface area (Å²) in [5.74, 6) is -3.47. The molecule has 3 aliphatic rings. The van der Waals surface area contributed by atoms with Gasteiger partial charge in [-0.15, -0.1) is 0 Å². The fourth-order valence-electron chi connectivity index (χ4n) is 5.42. The van der Waals surface area contributed by atoms with Crippen molar-refractivity contribution in [1.82, 2.24) is 4.90 Å². The highest BCUT2D eigenvalue weighted by molar-refractivity contribution is 6.32. The lowest BCUT2D eigenvalue weighted by Crippen LogP contribution is -2.47. The number of hydrogen-bond acceptors (Lipinski definition) is 4. The summed E-state index contributed by atoms with van der Waals surface area (Å²) in [4.78, 5) is 43.6. The van der Waals surface area contributed by atoms with Crippen molar-refractivity contribution >= 4 is 41.0 Å². The number of carbonyl (C=O) groups excluding carboxylic acids is 3. The van der Waals surface area contributed by atoms with Gasteiger partial charge in [0.05, 0.1) is 34.2 Å². The van der Waals surface area contributed by atoms with E-state index in [9.17, 15) is 27.6 Å². The molecule has 2 fully saturated rings. The zero-order valence-electron chi connectivity index (χ0n) is 19.1. The number of ketones is 1. The molecular formula is C26H22ClF3N2O3. The summed E-state index contributed by atoms with van der Waals surface area (Å²) in [7, 11) is 0. The highest BCUT2D eigenvalue weighted by Gasteiger charge is 2.65. The summed E-state index contributed by atoms with van der Waals surface area (Å²) in [6.07, 6.45) is -1.17. The second kappa shape index (κ2) is 7.68. The first kappa shape index (κ1) is 23.6. The molecule has 5 nitrogen and oxygen atoms in total. The van der Waals surface area contributed by atoms with Crippen LogP contribution in [0.2, 0.25) is 5.02 Å². The third-order valence-electron chi connectivity index (χ3n) is 6.98. The molecule has 35 heavy (non-hydrogen) atoms. The zero-order chi connectivity index (χ0) is 25.4. The minimum absolute atomic E-state index is 0.209. The van der Waals surface area contributed by atoms with E-state index in [2.05, 4.69) is 0 Å². The van der Waals surface area contributed by atoms with Crippen LogP contribution in [0.1, 0.15) is 43.5 Å². The molecule has 2 saturated heterocycles. The van der Waals surface area contributed by atoms with Crippen molar-refractivity contribution in [3.8, 4) is 0 Å². The predicted octanol–water partition coefficient (Wildman–Crippen LogP) is 5.49. The quantitative estimate of drug-likeness (QED) is 0.510. The van der Waals surface area contributed by atoms with Crippen LogP contribution in [0.5, 0.6) is 0 Å². The largest absolute Gasteiger partial charge is 0.417 e. The summed E-state index contributed by atoms with van der Waals surface area (Å²) in [5.41, 5.74) is -0.497. The van der Waals surface area contributed by atoms with Crippen LogP contribution in [0.15, 0.2) is 48.7 Å². The summed E-state index contributed by atoms with van der Waals surface area (Å²) in [6, 6.07) is 8.85. The predicted molar refractivity (Wildman–Crippen MR) is 124 cm³/mol. The number of carbonyl (C=O) groups is 3. The number of alkyl halides is 3. The van der Waals surface area contributed by atoms with Crippen LogP contribution in [0.25, 0.3) is 6.08 Å². The molecule has 0 N–H and O–H groups in total. The van der Waals surface area contributed by atoms with Crippen molar-refractivity contribution in [1.29, 1.82) is 0 Å². The van der Waals surface area contributed by atoms with Gasteiger partial charge in [-0.25, -0.2) is 4.90 Å². The van der Waals surface area contributed by atoms with E-state index in [4.69, 9.17) is 11.6 Å². The van der Waals surface area contributed by atoms with E-state index in [0.29, 0.717) is 6.07 Å². The van der Waals surface area contributed by atoms with E-state index in [1.807, 2.05) is 30.3 Å². The molecule has 0 spiro atoms. The Labute approximate surface area is 205 Å². The minimum Gasteiger partial charge on any atom is -0.359 e. The number of fused-ring (bicyclic) bond motifs is 5. The first-order chi connectivity index (χ1) is 16.3. The number of anilines is 1. The minimum atomic E-state index is -4.76. The SMILES string of the molecule is CC(C)(C)C(=O)[C@H]1[C@@H]2C(=O)N(c3ccc(Cl)c(C(F)(F)F)c3)C(=O)[C@@H]2[C@H]2c3ccccc3C=CN21. The first-order valence-corrected chi connectivity index (χ1v) is 11.5. The van der Waals surface area contributed by atoms with Gasteiger partial charge in [0, 0.05) is 11.6 Å². The average molecular weight is 503 g/mol. The monoisotopic (exact) mass is 502 g/mol. The van der Waals surface area contributed by atoms with E-state index >= 15 is 0 Å². The molecule has 9 heteroatoms. The Morgan fingerprint density at radius 1 is 0.971 bits per heavy atom. The van der Waals surface area contributed by atoms with Crippen molar-refractivity contribution in [2.45, 2.75) is 39.0 Å². The molecule has 0 saturated carbocycles. The van der Waals surface area contributed by atoms with E-state index in [1.165, 1.54) is 6.07 Å². The lowest BCUT2D eigenvalue weighted by Gasteiger charge is -2.37. The highest BCUT2D eigenvalue weighted by atomic mass is 35.5. The summed E-state index contributed by atoms with van der Waals surface area (Å²) in [5, 5.41) is -0.529. The second-order valence-corrected chi connectivity index (χ2v) is 10.5. The molecule has 4 atom stereocenters. The number of nitrogens with zero attached hydrogens (tertiary/aromatic N) is 2. The van der Waals surface area contributed by atoms with Crippen molar-refractivity contribution in [3.05, 3.63) is 70.4 Å². The molecule has 0 radical (unpaired) electrons. The summed E-state index contributed by atoms with van der Waals surface area (Å²) >= 11 is 5.75. The zero-order valence-corrected chi connectivity index (χ0v) is 19.9. The number of hydrogen-bond donors (Lipinski definition) is 0. The van der Waals surface area contributed by atoms with E-state index in [-0.39, 0.29) is 11.5 Å². The van der Waals surface area contributed by atoms with Gasteiger partial charge in [0.1, 0.15) is 6.04 Å². The Morgan fingerprint density at radius 2 is 1.63 bits per heavy atom. The molecule has 5 rings (SSSR count). The molecule has 2 aromatic carbocycles. The molecule has 2 aromatic rings. The van der Waals surface area contributed by atoms with Gasteiger partial charge in [-0.05, 0) is 35.4 Å². The average Bonchev–Trinajstić information content (AvgIpc) is 3.25. The fraction of sp³-hybridized carbons (Fsp3) is 0.346. The number of halogens is 4. The van der Waals surface area contributed by atoms with Gasteiger partial charge in [0.2, 0.25) is 11.8 Å². The van der Waals surface area contributed by atoms with Gasteiger partial charge in [-0.2, -0.15) is 13.2 Å². The summed E-state index contributed by atoms with van der Waals surface area (Å²) in [6.45, 7) is 5.23. The van der Waals surface area contributed by atoms with Crippen LogP contribution in [0.3, 0.4) is 0 Å². The maximum absolute atomic E-state index is 13.8. The highest BCUT2D eigenvalue weighted by Crippen LogP contribution is 2.54. The third kappa shape index (κ3) is 3.49. The standard InChI is InChI=1S/C26H22ClF3N2O3/c1-25(2,3)22(33)21-19-18(20-15-7-5-4-6-13(15)10-11-31(20)21)23(34)32(24(19)35)14-8-9-17(27)16(12-14)26(28,29)30/h4-12,18-21H,1-3H3/t18-,19+,20+,21+/m0/s1. The van der Waals surface area contributed by atoms with Gasteiger partial charge in [-0.1, -0.05) is 56.6 Å². The lowest BCUT2D eigenvalue weighted by molar-refractivity contribution is -0.137. The third-order valence-corrected chi connectivity index (χ3v) is 7.31. The smallest absolute Gasteiger partial charge is 0.359 e. The van der Waals surface area contributed by atoms with Crippen LogP contribution in [0, 0.1) is 17.3 Å². The van der Waals surface area contributed by atoms with Crippen molar-refractivity contribution in [2.75, 3.05) is 4.90 Å². The van der Waals surface area contributed by atoms with Crippen LogP contribution < -0.4 is 4.90 Å². The molecule has 3 aliphatic heterocycles. The van der Waals surface area contributed by atoms with Gasteiger partial charge in [0.25, 0.3) is 0 Å².